The third kappa shape index (κ3) is 3.40. The summed E-state index contributed by atoms with van der Waals surface area (Å²) in [5.41, 5.74) is 0.843. The van der Waals surface area contributed by atoms with Crippen molar-refractivity contribution in [3.63, 3.8) is 0 Å². The van der Waals surface area contributed by atoms with E-state index in [2.05, 4.69) is 0 Å². The molecule has 0 radical (unpaired) electrons. The zero-order valence-corrected chi connectivity index (χ0v) is 5.45. The first-order chi connectivity index (χ1) is 4.79. The van der Waals surface area contributed by atoms with Crippen molar-refractivity contribution in [1.29, 1.82) is 0 Å². The van der Waals surface area contributed by atoms with Gasteiger partial charge in [-0.05, 0) is 5.56 Å². The van der Waals surface area contributed by atoms with Gasteiger partial charge in [0, 0.05) is 0 Å². The van der Waals surface area contributed by atoms with Crippen LogP contribution in [0.25, 0.3) is 0 Å². The first-order valence-electron chi connectivity index (χ1n) is 3.05. The lowest BCUT2D eigenvalue weighted by Gasteiger charge is -1.92. The molecule has 0 saturated carbocycles. The van der Waals surface area contributed by atoms with Crippen molar-refractivity contribution in [2.24, 2.45) is 0 Å². The van der Waals surface area contributed by atoms with Gasteiger partial charge in [0.25, 0.3) is 0 Å². The minimum absolute atomic E-state index is 0. The minimum atomic E-state index is -0.786. The quantitative estimate of drug-likeness (QED) is 0.703. The van der Waals surface area contributed by atoms with Crippen LogP contribution in [0.2, 0.25) is 0 Å². The van der Waals surface area contributed by atoms with E-state index < -0.39 is 5.97 Å². The van der Waals surface area contributed by atoms with Crippen LogP contribution in [-0.2, 0) is 11.2 Å². The largest absolute Gasteiger partial charge is 0.481 e. The Kier molecular flexibility index (Phi) is 3.96. The summed E-state index contributed by atoms with van der Waals surface area (Å²) in [5, 5.41) is 8.37. The highest BCUT2D eigenvalue weighted by atomic mass is 16.4. The van der Waals surface area contributed by atoms with Crippen molar-refractivity contribution < 1.29 is 9.90 Å². The fraction of sp³-hybridized carbons (Fsp3) is 0.222. The Hall–Kier alpha value is -1.31. The molecule has 60 valence electrons. The smallest absolute Gasteiger partial charge is 0.307 e. The van der Waals surface area contributed by atoms with Crippen LogP contribution in [0.1, 0.15) is 13.0 Å². The molecule has 0 unspecified atom stereocenters. The van der Waals surface area contributed by atoms with Crippen molar-refractivity contribution in [3.8, 4) is 0 Å². The average molecular weight is 152 g/mol. The third-order valence-electron chi connectivity index (χ3n) is 1.20. The molecular formula is C9H12O2. The maximum absolute atomic E-state index is 10.2. The van der Waals surface area contributed by atoms with Gasteiger partial charge in [0.05, 0.1) is 6.42 Å². The summed E-state index contributed by atoms with van der Waals surface area (Å²) in [6.45, 7) is 0. The van der Waals surface area contributed by atoms with Crippen molar-refractivity contribution in [2.45, 2.75) is 13.8 Å². The van der Waals surface area contributed by atoms with Gasteiger partial charge < -0.3 is 5.11 Å². The van der Waals surface area contributed by atoms with E-state index in [1.165, 1.54) is 0 Å². The molecule has 0 saturated heterocycles. The summed E-state index contributed by atoms with van der Waals surface area (Å²) < 4.78 is 0. The van der Waals surface area contributed by atoms with Gasteiger partial charge in [-0.15, -0.1) is 0 Å². The van der Waals surface area contributed by atoms with Gasteiger partial charge in [0.2, 0.25) is 0 Å². The summed E-state index contributed by atoms with van der Waals surface area (Å²) in [4.78, 5) is 10.2. The molecule has 0 bridgehead atoms. The molecule has 0 aromatic heterocycles. The monoisotopic (exact) mass is 152 g/mol. The Balaban J connectivity index is 0.000001000. The van der Waals surface area contributed by atoms with Crippen LogP contribution >= 0.6 is 0 Å². The number of carboxylic acid groups (broad SMARTS) is 1. The van der Waals surface area contributed by atoms with Crippen molar-refractivity contribution >= 4 is 5.97 Å². The van der Waals surface area contributed by atoms with E-state index in [1.807, 2.05) is 18.2 Å². The summed E-state index contributed by atoms with van der Waals surface area (Å²) in [5.74, 6) is -0.786. The second kappa shape index (κ2) is 4.50. The molecule has 0 spiro atoms. The standard InChI is InChI=1S/C8H8O2.CH4/c9-8(10)6-7-4-2-1-3-5-7;/h1-5H,6H2,(H,9,10);1H4. The summed E-state index contributed by atoms with van der Waals surface area (Å²) >= 11 is 0. The van der Waals surface area contributed by atoms with Crippen LogP contribution in [0.4, 0.5) is 0 Å². The highest BCUT2D eigenvalue weighted by molar-refractivity contribution is 5.70. The maximum atomic E-state index is 10.2. The van der Waals surface area contributed by atoms with Gasteiger partial charge in [-0.3, -0.25) is 4.79 Å². The number of carbonyl (C=O) groups is 1. The van der Waals surface area contributed by atoms with Crippen molar-refractivity contribution in [2.75, 3.05) is 0 Å². The van der Waals surface area contributed by atoms with E-state index in [0.717, 1.165) is 5.56 Å². The molecule has 0 aliphatic rings. The third-order valence-corrected chi connectivity index (χ3v) is 1.20. The molecular weight excluding hydrogens is 140 g/mol. The van der Waals surface area contributed by atoms with E-state index in [9.17, 15) is 4.79 Å². The van der Waals surface area contributed by atoms with Gasteiger partial charge in [-0.1, -0.05) is 37.8 Å². The van der Waals surface area contributed by atoms with Crippen LogP contribution in [-0.4, -0.2) is 11.1 Å². The normalized spacial score (nSPS) is 8.36. The Morgan fingerprint density at radius 2 is 1.82 bits per heavy atom. The Morgan fingerprint density at radius 3 is 2.27 bits per heavy atom. The number of aliphatic carboxylic acids is 1. The number of rotatable bonds is 2. The average Bonchev–Trinajstić information content (AvgIpc) is 1.88. The van der Waals surface area contributed by atoms with Gasteiger partial charge >= 0.3 is 5.97 Å². The lowest BCUT2D eigenvalue weighted by atomic mass is 10.2. The SMILES string of the molecule is C.O=C(O)Cc1ccccc1. The molecule has 0 aliphatic heterocycles. The summed E-state index contributed by atoms with van der Waals surface area (Å²) in [7, 11) is 0. The molecule has 2 heteroatoms. The molecule has 0 amide bonds. The molecule has 0 atom stereocenters. The predicted octanol–water partition coefficient (Wildman–Crippen LogP) is 1.95. The van der Waals surface area contributed by atoms with Gasteiger partial charge in [0.15, 0.2) is 0 Å². The van der Waals surface area contributed by atoms with Crippen LogP contribution in [0, 0.1) is 0 Å². The maximum Gasteiger partial charge on any atom is 0.307 e. The molecule has 1 N–H and O–H groups in total. The van der Waals surface area contributed by atoms with Gasteiger partial charge in [-0.25, -0.2) is 0 Å². The highest BCUT2D eigenvalue weighted by Gasteiger charge is 1.96. The van der Waals surface area contributed by atoms with E-state index in [4.69, 9.17) is 5.11 Å². The number of hydrogen-bond donors (Lipinski definition) is 1. The molecule has 11 heavy (non-hydrogen) atoms. The van der Waals surface area contributed by atoms with Crippen molar-refractivity contribution in [1.82, 2.24) is 0 Å². The van der Waals surface area contributed by atoms with Gasteiger partial charge in [-0.2, -0.15) is 0 Å². The topological polar surface area (TPSA) is 37.3 Å². The van der Waals surface area contributed by atoms with Crippen LogP contribution in [0.15, 0.2) is 30.3 Å². The van der Waals surface area contributed by atoms with E-state index in [0.29, 0.717) is 0 Å². The van der Waals surface area contributed by atoms with Crippen molar-refractivity contribution in [3.05, 3.63) is 35.9 Å². The van der Waals surface area contributed by atoms with E-state index in [-0.39, 0.29) is 13.8 Å². The van der Waals surface area contributed by atoms with Crippen LogP contribution < -0.4 is 0 Å². The highest BCUT2D eigenvalue weighted by Crippen LogP contribution is 1.98. The zero-order chi connectivity index (χ0) is 7.40. The molecule has 1 aromatic carbocycles. The number of benzene rings is 1. The fourth-order valence-corrected chi connectivity index (χ4v) is 0.770. The molecule has 0 aliphatic carbocycles. The predicted molar refractivity (Wildman–Crippen MR) is 44.5 cm³/mol. The molecule has 1 rings (SSSR count). The Bertz CT molecular complexity index is 216. The molecule has 0 fully saturated rings. The Labute approximate surface area is 66.5 Å². The lowest BCUT2D eigenvalue weighted by Crippen LogP contribution is -1.98. The molecule has 0 heterocycles. The second-order valence-corrected chi connectivity index (χ2v) is 2.06. The lowest BCUT2D eigenvalue weighted by molar-refractivity contribution is -0.136. The van der Waals surface area contributed by atoms with E-state index in [1.54, 1.807) is 12.1 Å². The Morgan fingerprint density at radius 1 is 1.27 bits per heavy atom. The molecule has 2 nitrogen and oxygen atoms in total. The van der Waals surface area contributed by atoms with Gasteiger partial charge in [0.1, 0.15) is 0 Å². The zero-order valence-electron chi connectivity index (χ0n) is 5.45. The molecule has 1 aromatic rings. The minimum Gasteiger partial charge on any atom is -0.481 e. The van der Waals surface area contributed by atoms with Crippen LogP contribution in [0.3, 0.4) is 0 Å². The summed E-state index contributed by atoms with van der Waals surface area (Å²) in [6, 6.07) is 9.13. The summed E-state index contributed by atoms with van der Waals surface area (Å²) in [6.07, 6.45) is 0.112. The first-order valence-corrected chi connectivity index (χ1v) is 3.05. The number of carboxylic acids is 1. The first kappa shape index (κ1) is 9.69. The fourth-order valence-electron chi connectivity index (χ4n) is 0.770. The number of hydrogen-bond acceptors (Lipinski definition) is 1. The van der Waals surface area contributed by atoms with E-state index >= 15 is 0 Å². The van der Waals surface area contributed by atoms with Crippen LogP contribution in [0.5, 0.6) is 0 Å². The second-order valence-electron chi connectivity index (χ2n) is 2.06.